The molecule has 3 rings (SSSR count). The third-order valence-corrected chi connectivity index (χ3v) is 3.31. The van der Waals surface area contributed by atoms with E-state index < -0.39 is 11.6 Å². The van der Waals surface area contributed by atoms with Gasteiger partial charge in [-0.1, -0.05) is 12.1 Å². The van der Waals surface area contributed by atoms with Crippen LogP contribution in [0.5, 0.6) is 5.75 Å². The van der Waals surface area contributed by atoms with Crippen LogP contribution in [-0.2, 0) is 6.54 Å². The lowest BCUT2D eigenvalue weighted by Gasteiger charge is -2.10. The standard InChI is InChI=1S/C17H16F2N2O/c1-11(2)22-13-5-3-12(4-6-13)9-21-10-20-16-7-14(18)15(19)8-17(16)21/h3-8,10-11H,9H2,1-2H3. The molecule has 3 aromatic rings. The zero-order chi connectivity index (χ0) is 15.7. The number of imidazole rings is 1. The van der Waals surface area contributed by atoms with Crippen molar-refractivity contribution in [1.29, 1.82) is 0 Å². The summed E-state index contributed by atoms with van der Waals surface area (Å²) in [6, 6.07) is 9.98. The second-order valence-corrected chi connectivity index (χ2v) is 5.44. The predicted octanol–water partition coefficient (Wildman–Crippen LogP) is 4.15. The van der Waals surface area contributed by atoms with E-state index >= 15 is 0 Å². The fraction of sp³-hybridized carbons (Fsp3) is 0.235. The van der Waals surface area contributed by atoms with Gasteiger partial charge in [0.05, 0.1) is 23.5 Å². The van der Waals surface area contributed by atoms with E-state index in [0.29, 0.717) is 17.6 Å². The minimum absolute atomic E-state index is 0.126. The summed E-state index contributed by atoms with van der Waals surface area (Å²) in [5, 5.41) is 0. The number of nitrogens with zero attached hydrogens (tertiary/aromatic N) is 2. The lowest BCUT2D eigenvalue weighted by molar-refractivity contribution is 0.242. The topological polar surface area (TPSA) is 27.1 Å². The smallest absolute Gasteiger partial charge is 0.161 e. The fourth-order valence-electron chi connectivity index (χ4n) is 2.32. The Morgan fingerprint density at radius 1 is 1.09 bits per heavy atom. The summed E-state index contributed by atoms with van der Waals surface area (Å²) in [6.45, 7) is 4.47. The number of aromatic nitrogens is 2. The van der Waals surface area contributed by atoms with E-state index in [9.17, 15) is 8.78 Å². The van der Waals surface area contributed by atoms with Crippen molar-refractivity contribution in [3.05, 3.63) is 59.9 Å². The van der Waals surface area contributed by atoms with E-state index in [0.717, 1.165) is 17.4 Å². The van der Waals surface area contributed by atoms with Gasteiger partial charge in [0.2, 0.25) is 0 Å². The first-order valence-electron chi connectivity index (χ1n) is 7.08. The Hall–Kier alpha value is -2.43. The Labute approximate surface area is 127 Å². The molecule has 0 radical (unpaired) electrons. The molecule has 2 aromatic carbocycles. The maximum absolute atomic E-state index is 13.4. The molecule has 22 heavy (non-hydrogen) atoms. The van der Waals surface area contributed by atoms with Crippen LogP contribution in [0.15, 0.2) is 42.7 Å². The molecular formula is C17H16F2N2O. The molecule has 0 N–H and O–H groups in total. The summed E-state index contributed by atoms with van der Waals surface area (Å²) >= 11 is 0. The van der Waals surface area contributed by atoms with Gasteiger partial charge < -0.3 is 9.30 Å². The van der Waals surface area contributed by atoms with Crippen LogP contribution in [0.2, 0.25) is 0 Å². The van der Waals surface area contributed by atoms with Crippen molar-refractivity contribution >= 4 is 11.0 Å². The molecule has 1 heterocycles. The third-order valence-electron chi connectivity index (χ3n) is 3.31. The number of benzene rings is 2. The van der Waals surface area contributed by atoms with Gasteiger partial charge in [-0.25, -0.2) is 13.8 Å². The van der Waals surface area contributed by atoms with Gasteiger partial charge in [-0.2, -0.15) is 0 Å². The first kappa shape index (κ1) is 14.5. The molecule has 3 nitrogen and oxygen atoms in total. The number of halogens is 2. The summed E-state index contributed by atoms with van der Waals surface area (Å²) in [7, 11) is 0. The molecule has 0 amide bonds. The number of hydrogen-bond acceptors (Lipinski definition) is 2. The lowest BCUT2D eigenvalue weighted by atomic mass is 10.2. The van der Waals surface area contributed by atoms with Gasteiger partial charge in [-0.05, 0) is 31.5 Å². The SMILES string of the molecule is CC(C)Oc1ccc(Cn2cnc3cc(F)c(F)cc32)cc1. The van der Waals surface area contributed by atoms with Crippen molar-refractivity contribution in [1.82, 2.24) is 9.55 Å². The van der Waals surface area contributed by atoms with E-state index in [4.69, 9.17) is 4.74 Å². The summed E-state index contributed by atoms with van der Waals surface area (Å²) in [5.74, 6) is -0.940. The molecule has 0 unspecified atom stereocenters. The van der Waals surface area contributed by atoms with Gasteiger partial charge in [0, 0.05) is 18.7 Å². The van der Waals surface area contributed by atoms with Crippen LogP contribution in [0.25, 0.3) is 11.0 Å². The Morgan fingerprint density at radius 3 is 2.45 bits per heavy atom. The van der Waals surface area contributed by atoms with Crippen LogP contribution in [0.4, 0.5) is 8.78 Å². The Bertz CT molecular complexity index is 794. The Balaban J connectivity index is 1.85. The molecule has 0 aliphatic heterocycles. The van der Waals surface area contributed by atoms with Crippen molar-refractivity contribution in [2.24, 2.45) is 0 Å². The first-order chi connectivity index (χ1) is 10.5. The Morgan fingerprint density at radius 2 is 1.77 bits per heavy atom. The summed E-state index contributed by atoms with van der Waals surface area (Å²) in [6.07, 6.45) is 1.71. The van der Waals surface area contributed by atoms with E-state index in [1.165, 1.54) is 6.07 Å². The van der Waals surface area contributed by atoms with Crippen molar-refractivity contribution in [3.63, 3.8) is 0 Å². The summed E-state index contributed by atoms with van der Waals surface area (Å²) in [4.78, 5) is 4.11. The number of hydrogen-bond donors (Lipinski definition) is 0. The molecule has 0 aliphatic carbocycles. The largest absolute Gasteiger partial charge is 0.491 e. The fourth-order valence-corrected chi connectivity index (χ4v) is 2.32. The second kappa shape index (κ2) is 5.75. The summed E-state index contributed by atoms with van der Waals surface area (Å²) < 4.78 is 34.0. The Kier molecular flexibility index (Phi) is 3.79. The molecule has 0 spiro atoms. The molecule has 0 saturated heterocycles. The van der Waals surface area contributed by atoms with Crippen LogP contribution in [0.3, 0.4) is 0 Å². The molecule has 0 bridgehead atoms. The molecule has 5 heteroatoms. The summed E-state index contributed by atoms with van der Waals surface area (Å²) in [5.41, 5.74) is 2.04. The normalized spacial score (nSPS) is 11.3. The van der Waals surface area contributed by atoms with Gasteiger partial charge in [-0.3, -0.25) is 0 Å². The maximum atomic E-state index is 13.4. The van der Waals surface area contributed by atoms with Crippen LogP contribution in [0, 0.1) is 11.6 Å². The highest BCUT2D eigenvalue weighted by Gasteiger charge is 2.09. The third kappa shape index (κ3) is 2.93. The van der Waals surface area contributed by atoms with Crippen LogP contribution >= 0.6 is 0 Å². The van der Waals surface area contributed by atoms with E-state index in [2.05, 4.69) is 4.98 Å². The van der Waals surface area contributed by atoms with Crippen molar-refractivity contribution in [2.75, 3.05) is 0 Å². The highest BCUT2D eigenvalue weighted by Crippen LogP contribution is 2.20. The molecule has 0 atom stereocenters. The molecule has 0 saturated carbocycles. The maximum Gasteiger partial charge on any atom is 0.161 e. The highest BCUT2D eigenvalue weighted by molar-refractivity contribution is 5.75. The second-order valence-electron chi connectivity index (χ2n) is 5.44. The van der Waals surface area contributed by atoms with Gasteiger partial charge in [0.15, 0.2) is 11.6 Å². The van der Waals surface area contributed by atoms with E-state index in [1.54, 1.807) is 10.9 Å². The molecule has 0 aliphatic rings. The van der Waals surface area contributed by atoms with Crippen molar-refractivity contribution < 1.29 is 13.5 Å². The lowest BCUT2D eigenvalue weighted by Crippen LogP contribution is -2.05. The zero-order valence-electron chi connectivity index (χ0n) is 12.4. The van der Waals surface area contributed by atoms with Crippen molar-refractivity contribution in [2.45, 2.75) is 26.5 Å². The minimum Gasteiger partial charge on any atom is -0.491 e. The number of ether oxygens (including phenoxy) is 1. The first-order valence-corrected chi connectivity index (χ1v) is 7.08. The zero-order valence-corrected chi connectivity index (χ0v) is 12.4. The molecule has 0 fully saturated rings. The van der Waals surface area contributed by atoms with Crippen molar-refractivity contribution in [3.8, 4) is 5.75 Å². The average Bonchev–Trinajstić information content (AvgIpc) is 2.83. The average molecular weight is 302 g/mol. The van der Waals surface area contributed by atoms with Crippen LogP contribution < -0.4 is 4.74 Å². The molecular weight excluding hydrogens is 286 g/mol. The van der Waals surface area contributed by atoms with Gasteiger partial charge in [0.25, 0.3) is 0 Å². The van der Waals surface area contributed by atoms with Gasteiger partial charge >= 0.3 is 0 Å². The highest BCUT2D eigenvalue weighted by atomic mass is 19.2. The molecule has 114 valence electrons. The monoisotopic (exact) mass is 302 g/mol. The number of rotatable bonds is 4. The molecule has 1 aromatic heterocycles. The van der Waals surface area contributed by atoms with Gasteiger partial charge in [-0.15, -0.1) is 0 Å². The van der Waals surface area contributed by atoms with E-state index in [-0.39, 0.29) is 6.10 Å². The number of fused-ring (bicyclic) bond motifs is 1. The predicted molar refractivity (Wildman–Crippen MR) is 81.0 cm³/mol. The van der Waals surface area contributed by atoms with Crippen LogP contribution in [0.1, 0.15) is 19.4 Å². The quantitative estimate of drug-likeness (QED) is 0.724. The van der Waals surface area contributed by atoms with E-state index in [1.807, 2.05) is 38.1 Å². The van der Waals surface area contributed by atoms with Crippen LogP contribution in [-0.4, -0.2) is 15.7 Å². The minimum atomic E-state index is -0.882. The van der Waals surface area contributed by atoms with Gasteiger partial charge in [0.1, 0.15) is 5.75 Å².